The summed E-state index contributed by atoms with van der Waals surface area (Å²) in [5, 5.41) is 0. The van der Waals surface area contributed by atoms with Crippen molar-refractivity contribution in [1.82, 2.24) is 9.13 Å². The van der Waals surface area contributed by atoms with E-state index in [1.807, 2.05) is 38.1 Å². The molecule has 0 aliphatic carbocycles. The van der Waals surface area contributed by atoms with Crippen molar-refractivity contribution >= 4 is 37.5 Å². The van der Waals surface area contributed by atoms with E-state index >= 15 is 0 Å². The quantitative estimate of drug-likeness (QED) is 0.620. The minimum absolute atomic E-state index is 0.228. The van der Waals surface area contributed by atoms with Crippen LogP contribution in [0.15, 0.2) is 38.3 Å². The van der Waals surface area contributed by atoms with Crippen LogP contribution in [0, 0.1) is 0 Å². The Bertz CT molecular complexity index is 1120. The molecule has 0 bridgehead atoms. The molecule has 2 aromatic heterocycles. The average Bonchev–Trinajstić information content (AvgIpc) is 2.95. The lowest BCUT2D eigenvalue weighted by Gasteiger charge is -2.30. The maximum atomic E-state index is 12.9. The maximum Gasteiger partial charge on any atom is 0.331 e. The molecule has 1 aliphatic rings. The lowest BCUT2D eigenvalue weighted by Crippen LogP contribution is -2.38. The van der Waals surface area contributed by atoms with Crippen molar-refractivity contribution in [3.05, 3.63) is 65.6 Å². The van der Waals surface area contributed by atoms with Crippen molar-refractivity contribution in [2.45, 2.75) is 39.0 Å². The van der Waals surface area contributed by atoms with E-state index in [0.29, 0.717) is 17.9 Å². The molecule has 5 nitrogen and oxygen atoms in total. The molecule has 3 aromatic rings. The zero-order valence-corrected chi connectivity index (χ0v) is 17.2. The van der Waals surface area contributed by atoms with Crippen LogP contribution in [0.2, 0.25) is 0 Å². The molecule has 0 fully saturated rings. The van der Waals surface area contributed by atoms with E-state index < -0.39 is 0 Å². The molecule has 4 rings (SSSR count). The van der Waals surface area contributed by atoms with E-state index in [2.05, 4.69) is 15.9 Å². The van der Waals surface area contributed by atoms with Crippen molar-refractivity contribution in [2.24, 2.45) is 7.05 Å². The smallest absolute Gasteiger partial charge is 0.331 e. The Morgan fingerprint density at radius 3 is 2.62 bits per heavy atom. The fraction of sp³-hybridized carbons (Fsp3) is 0.368. The van der Waals surface area contributed by atoms with Crippen LogP contribution in [0.1, 0.15) is 29.9 Å². The van der Waals surface area contributed by atoms with E-state index in [4.69, 9.17) is 4.74 Å². The predicted octanol–water partition coefficient (Wildman–Crippen LogP) is 3.42. The highest BCUT2D eigenvalue weighted by Crippen LogP contribution is 2.37. The second-order valence-corrected chi connectivity index (χ2v) is 9.29. The Morgan fingerprint density at radius 2 is 1.92 bits per heavy atom. The zero-order chi connectivity index (χ0) is 18.6. The second kappa shape index (κ2) is 6.18. The van der Waals surface area contributed by atoms with Gasteiger partial charge in [-0.15, -0.1) is 11.3 Å². The third kappa shape index (κ3) is 2.88. The number of halogens is 1. The lowest BCUT2D eigenvalue weighted by molar-refractivity contribution is -0.0384. The van der Waals surface area contributed by atoms with E-state index in [-0.39, 0.29) is 16.9 Å². The lowest BCUT2D eigenvalue weighted by atomic mass is 9.98. The van der Waals surface area contributed by atoms with Crippen LogP contribution in [0.25, 0.3) is 10.2 Å². The molecule has 26 heavy (non-hydrogen) atoms. The van der Waals surface area contributed by atoms with Crippen LogP contribution in [0.4, 0.5) is 0 Å². The normalized spacial score (nSPS) is 16.0. The fourth-order valence-electron chi connectivity index (χ4n) is 3.36. The number of hydrogen-bond acceptors (Lipinski definition) is 4. The molecule has 0 unspecified atom stereocenters. The largest absolute Gasteiger partial charge is 0.370 e. The Hall–Kier alpha value is -1.70. The van der Waals surface area contributed by atoms with Crippen LogP contribution < -0.4 is 11.2 Å². The number of fused-ring (bicyclic) bond motifs is 3. The number of aromatic nitrogens is 2. The first-order valence-corrected chi connectivity index (χ1v) is 10.0. The first-order chi connectivity index (χ1) is 12.3. The van der Waals surface area contributed by atoms with Gasteiger partial charge >= 0.3 is 5.69 Å². The fourth-order valence-corrected chi connectivity index (χ4v) is 5.13. The van der Waals surface area contributed by atoms with Gasteiger partial charge in [-0.25, -0.2) is 4.79 Å². The highest BCUT2D eigenvalue weighted by atomic mass is 79.9. The molecule has 0 N–H and O–H groups in total. The Balaban J connectivity index is 1.97. The highest BCUT2D eigenvalue weighted by Gasteiger charge is 2.31. The van der Waals surface area contributed by atoms with E-state index in [9.17, 15) is 9.59 Å². The Labute approximate surface area is 163 Å². The first-order valence-electron chi connectivity index (χ1n) is 8.39. The summed E-state index contributed by atoms with van der Waals surface area (Å²) in [6.45, 7) is 4.94. The van der Waals surface area contributed by atoms with E-state index in [1.165, 1.54) is 15.9 Å². The van der Waals surface area contributed by atoms with Gasteiger partial charge in [0.1, 0.15) is 4.70 Å². The Kier molecular flexibility index (Phi) is 4.21. The van der Waals surface area contributed by atoms with Gasteiger partial charge in [0.25, 0.3) is 5.56 Å². The standard InChI is InChI=1S/C19H19BrN2O3S/c1-19(2)8-14-13(10-25-19)15-16(26-14)17(23)21(3)18(24)22(15)9-11-4-6-12(20)7-5-11/h4-7H,8-10H2,1-3H3. The molecule has 7 heteroatoms. The molecule has 1 aliphatic heterocycles. The van der Waals surface area contributed by atoms with Gasteiger partial charge in [0.05, 0.1) is 24.3 Å². The van der Waals surface area contributed by atoms with Gasteiger partial charge in [-0.2, -0.15) is 0 Å². The number of benzene rings is 1. The summed E-state index contributed by atoms with van der Waals surface area (Å²) < 4.78 is 10.5. The van der Waals surface area contributed by atoms with E-state index in [0.717, 1.165) is 32.4 Å². The van der Waals surface area contributed by atoms with Crippen LogP contribution >= 0.6 is 27.3 Å². The monoisotopic (exact) mass is 434 g/mol. The predicted molar refractivity (Wildman–Crippen MR) is 107 cm³/mol. The van der Waals surface area contributed by atoms with Crippen molar-refractivity contribution in [2.75, 3.05) is 0 Å². The summed E-state index contributed by atoms with van der Waals surface area (Å²) >= 11 is 4.93. The maximum absolute atomic E-state index is 12.9. The molecule has 0 saturated carbocycles. The topological polar surface area (TPSA) is 53.2 Å². The SMILES string of the molecule is Cn1c(=O)c2sc3c(c2n(Cc2ccc(Br)cc2)c1=O)COC(C)(C)C3. The van der Waals surface area contributed by atoms with E-state index in [1.54, 1.807) is 11.6 Å². The summed E-state index contributed by atoms with van der Waals surface area (Å²) in [7, 11) is 1.54. The van der Waals surface area contributed by atoms with Crippen molar-refractivity contribution in [1.29, 1.82) is 0 Å². The summed E-state index contributed by atoms with van der Waals surface area (Å²) in [5.74, 6) is 0. The number of ether oxygens (including phenoxy) is 1. The van der Waals surface area contributed by atoms with Gasteiger partial charge in [-0.1, -0.05) is 28.1 Å². The minimum atomic E-state index is -0.296. The minimum Gasteiger partial charge on any atom is -0.370 e. The number of rotatable bonds is 2. The molecule has 0 spiro atoms. The molecule has 0 saturated heterocycles. The molecule has 0 atom stereocenters. The van der Waals surface area contributed by atoms with Crippen LogP contribution in [-0.4, -0.2) is 14.7 Å². The average molecular weight is 435 g/mol. The zero-order valence-electron chi connectivity index (χ0n) is 14.8. The van der Waals surface area contributed by atoms with Crippen LogP contribution in [0.5, 0.6) is 0 Å². The summed E-state index contributed by atoms with van der Waals surface area (Å²) in [5.41, 5.74) is 1.95. The third-order valence-electron chi connectivity index (χ3n) is 4.80. The van der Waals surface area contributed by atoms with Gasteiger partial charge in [-0.3, -0.25) is 13.9 Å². The van der Waals surface area contributed by atoms with Crippen LogP contribution in [-0.2, 0) is 31.4 Å². The summed E-state index contributed by atoms with van der Waals surface area (Å²) in [4.78, 5) is 26.7. The van der Waals surface area contributed by atoms with Gasteiger partial charge < -0.3 is 4.74 Å². The molecular weight excluding hydrogens is 416 g/mol. The van der Waals surface area contributed by atoms with Crippen molar-refractivity contribution in [3.8, 4) is 0 Å². The molecule has 136 valence electrons. The second-order valence-electron chi connectivity index (χ2n) is 7.27. The van der Waals surface area contributed by atoms with Gasteiger partial charge in [0.15, 0.2) is 0 Å². The molecule has 0 amide bonds. The number of hydrogen-bond donors (Lipinski definition) is 0. The first kappa shape index (κ1) is 17.7. The van der Waals surface area contributed by atoms with Crippen molar-refractivity contribution < 1.29 is 4.74 Å². The van der Waals surface area contributed by atoms with Gasteiger partial charge in [-0.05, 0) is 31.5 Å². The molecular formula is C19H19BrN2O3S. The Morgan fingerprint density at radius 1 is 1.23 bits per heavy atom. The van der Waals surface area contributed by atoms with Gasteiger partial charge in [0, 0.05) is 28.4 Å². The highest BCUT2D eigenvalue weighted by molar-refractivity contribution is 9.10. The van der Waals surface area contributed by atoms with Gasteiger partial charge in [0.2, 0.25) is 0 Å². The summed E-state index contributed by atoms with van der Waals surface area (Å²) in [6, 6.07) is 7.86. The number of thiophene rings is 1. The molecule has 3 heterocycles. The molecule has 1 aromatic carbocycles. The number of nitrogens with zero attached hydrogens (tertiary/aromatic N) is 2. The van der Waals surface area contributed by atoms with Crippen molar-refractivity contribution in [3.63, 3.8) is 0 Å². The molecule has 0 radical (unpaired) electrons. The summed E-state index contributed by atoms with van der Waals surface area (Å²) in [6.07, 6.45) is 0.747. The van der Waals surface area contributed by atoms with Crippen LogP contribution in [0.3, 0.4) is 0 Å². The third-order valence-corrected chi connectivity index (χ3v) is 6.53.